The highest BCUT2D eigenvalue weighted by Gasteiger charge is 2.31. The zero-order valence-corrected chi connectivity index (χ0v) is 9.72. The van der Waals surface area contributed by atoms with Crippen LogP contribution in [0, 0.1) is 0 Å². The minimum Gasteiger partial charge on any atom is -0.388 e. The lowest BCUT2D eigenvalue weighted by Gasteiger charge is -2.32. The first kappa shape index (κ1) is 13.8. The molecular formula is C11H21NOS. The van der Waals surface area contributed by atoms with Crippen LogP contribution in [0.5, 0.6) is 0 Å². The Kier molecular flexibility index (Phi) is 6.97. The van der Waals surface area contributed by atoms with E-state index in [4.69, 9.17) is 5.73 Å². The van der Waals surface area contributed by atoms with Crippen molar-refractivity contribution in [2.24, 2.45) is 5.73 Å². The van der Waals surface area contributed by atoms with Crippen molar-refractivity contribution >= 4 is 11.8 Å². The van der Waals surface area contributed by atoms with Crippen LogP contribution >= 0.6 is 11.8 Å². The summed E-state index contributed by atoms with van der Waals surface area (Å²) in [5.41, 5.74) is 5.09. The van der Waals surface area contributed by atoms with Crippen molar-refractivity contribution in [3.63, 3.8) is 0 Å². The maximum Gasteiger partial charge on any atom is 0.0866 e. The number of hydrogen-bond acceptors (Lipinski definition) is 3. The van der Waals surface area contributed by atoms with E-state index in [-0.39, 0.29) is 6.04 Å². The van der Waals surface area contributed by atoms with Crippen molar-refractivity contribution in [1.29, 1.82) is 0 Å². The number of nitrogens with two attached hydrogens (primary N) is 1. The fourth-order valence-corrected chi connectivity index (χ4v) is 1.89. The summed E-state index contributed by atoms with van der Waals surface area (Å²) in [6.07, 6.45) is 7.32. The average molecular weight is 215 g/mol. The first-order chi connectivity index (χ1) is 6.60. The van der Waals surface area contributed by atoms with Gasteiger partial charge in [-0.1, -0.05) is 12.2 Å². The Morgan fingerprint density at radius 2 is 1.93 bits per heavy atom. The van der Waals surface area contributed by atoms with Crippen molar-refractivity contribution in [1.82, 2.24) is 0 Å². The molecular weight excluding hydrogens is 194 g/mol. The van der Waals surface area contributed by atoms with Gasteiger partial charge in [0.2, 0.25) is 0 Å². The summed E-state index contributed by atoms with van der Waals surface area (Å²) in [6, 6.07) is -0.203. The van der Waals surface area contributed by atoms with Crippen LogP contribution in [0.2, 0.25) is 0 Å². The molecule has 0 unspecified atom stereocenters. The summed E-state index contributed by atoms with van der Waals surface area (Å²) in [5, 5.41) is 10.2. The number of rotatable bonds is 8. The van der Waals surface area contributed by atoms with Crippen LogP contribution in [0.3, 0.4) is 0 Å². The standard InChI is InChI=1S/C11H21NOS/c1-4-7-11(13,8-5-2)10(12)6-9-14-3/h4-5,10,13H,1-2,6-9,12H2,3H3/t10-/m1/s1. The third-order valence-corrected chi connectivity index (χ3v) is 2.96. The second kappa shape index (κ2) is 7.10. The smallest absolute Gasteiger partial charge is 0.0866 e. The van der Waals surface area contributed by atoms with E-state index in [1.54, 1.807) is 23.9 Å². The van der Waals surface area contributed by atoms with Crippen molar-refractivity contribution < 1.29 is 5.11 Å². The van der Waals surface area contributed by atoms with E-state index in [2.05, 4.69) is 13.2 Å². The molecule has 0 aromatic rings. The molecule has 0 aromatic carbocycles. The first-order valence-electron chi connectivity index (χ1n) is 4.79. The molecule has 2 nitrogen and oxygen atoms in total. The minimum atomic E-state index is -0.862. The highest BCUT2D eigenvalue weighted by atomic mass is 32.2. The van der Waals surface area contributed by atoms with Gasteiger partial charge in [0.15, 0.2) is 0 Å². The molecule has 0 aliphatic rings. The van der Waals surface area contributed by atoms with Crippen molar-refractivity contribution in [2.75, 3.05) is 12.0 Å². The van der Waals surface area contributed by atoms with E-state index in [9.17, 15) is 5.11 Å². The summed E-state index contributed by atoms with van der Waals surface area (Å²) in [4.78, 5) is 0. The second-order valence-electron chi connectivity index (χ2n) is 3.48. The molecule has 0 saturated carbocycles. The van der Waals surface area contributed by atoms with Gasteiger partial charge in [-0.15, -0.1) is 13.2 Å². The van der Waals surface area contributed by atoms with Crippen LogP contribution in [0.15, 0.2) is 25.3 Å². The van der Waals surface area contributed by atoms with E-state index < -0.39 is 5.60 Å². The molecule has 3 N–H and O–H groups in total. The van der Waals surface area contributed by atoms with Crippen LogP contribution in [0.4, 0.5) is 0 Å². The Balaban J connectivity index is 4.28. The monoisotopic (exact) mass is 215 g/mol. The highest BCUT2D eigenvalue weighted by Crippen LogP contribution is 2.22. The fourth-order valence-electron chi connectivity index (χ4n) is 1.40. The lowest BCUT2D eigenvalue weighted by molar-refractivity contribution is 0.0189. The van der Waals surface area contributed by atoms with Crippen molar-refractivity contribution in [3.05, 3.63) is 25.3 Å². The Bertz CT molecular complexity index is 172. The molecule has 0 saturated heterocycles. The largest absolute Gasteiger partial charge is 0.388 e. The molecule has 0 aromatic heterocycles. The predicted molar refractivity (Wildman–Crippen MR) is 65.6 cm³/mol. The van der Waals surface area contributed by atoms with Crippen LogP contribution < -0.4 is 5.73 Å². The summed E-state index contributed by atoms with van der Waals surface area (Å²) >= 11 is 1.74. The van der Waals surface area contributed by atoms with Gasteiger partial charge in [-0.05, 0) is 31.3 Å². The lowest BCUT2D eigenvalue weighted by atomic mass is 9.86. The molecule has 0 spiro atoms. The van der Waals surface area contributed by atoms with Crippen LogP contribution in [-0.2, 0) is 0 Å². The molecule has 14 heavy (non-hydrogen) atoms. The van der Waals surface area contributed by atoms with Gasteiger partial charge in [-0.2, -0.15) is 11.8 Å². The molecule has 0 radical (unpaired) electrons. The average Bonchev–Trinajstić information content (AvgIpc) is 2.15. The predicted octanol–water partition coefficient (Wildman–Crippen LogP) is 1.95. The number of aliphatic hydroxyl groups is 1. The van der Waals surface area contributed by atoms with Gasteiger partial charge in [0, 0.05) is 6.04 Å². The van der Waals surface area contributed by atoms with E-state index in [1.807, 2.05) is 6.26 Å². The fraction of sp³-hybridized carbons (Fsp3) is 0.636. The maximum atomic E-state index is 10.2. The van der Waals surface area contributed by atoms with Crippen LogP contribution in [-0.4, -0.2) is 28.8 Å². The summed E-state index contributed by atoms with van der Waals surface area (Å²) in [6.45, 7) is 7.27. The molecule has 0 aliphatic heterocycles. The normalized spacial score (nSPS) is 13.6. The second-order valence-corrected chi connectivity index (χ2v) is 4.46. The van der Waals surface area contributed by atoms with E-state index in [1.165, 1.54) is 0 Å². The van der Waals surface area contributed by atoms with E-state index in [0.717, 1.165) is 12.2 Å². The Hall–Kier alpha value is -0.250. The topological polar surface area (TPSA) is 46.2 Å². The lowest BCUT2D eigenvalue weighted by Crippen LogP contribution is -2.47. The third-order valence-electron chi connectivity index (χ3n) is 2.32. The minimum absolute atomic E-state index is 0.203. The van der Waals surface area contributed by atoms with E-state index >= 15 is 0 Å². The van der Waals surface area contributed by atoms with Gasteiger partial charge >= 0.3 is 0 Å². The zero-order valence-electron chi connectivity index (χ0n) is 8.91. The summed E-state index contributed by atoms with van der Waals surface area (Å²) in [7, 11) is 0. The van der Waals surface area contributed by atoms with Crippen LogP contribution in [0.1, 0.15) is 19.3 Å². The molecule has 3 heteroatoms. The van der Waals surface area contributed by atoms with Crippen LogP contribution in [0.25, 0.3) is 0 Å². The highest BCUT2D eigenvalue weighted by molar-refractivity contribution is 7.98. The van der Waals surface area contributed by atoms with Gasteiger partial charge in [0.1, 0.15) is 0 Å². The number of thioether (sulfide) groups is 1. The SMILES string of the molecule is C=CCC(O)(CC=C)[C@H](N)CCSC. The molecule has 1 atom stereocenters. The molecule has 0 heterocycles. The van der Waals surface area contributed by atoms with Crippen molar-refractivity contribution in [2.45, 2.75) is 30.9 Å². The van der Waals surface area contributed by atoms with Gasteiger partial charge in [0.25, 0.3) is 0 Å². The quantitative estimate of drug-likeness (QED) is 0.608. The van der Waals surface area contributed by atoms with Gasteiger partial charge in [0.05, 0.1) is 5.60 Å². The zero-order chi connectivity index (χ0) is 11.0. The van der Waals surface area contributed by atoms with Crippen molar-refractivity contribution in [3.8, 4) is 0 Å². The third kappa shape index (κ3) is 4.31. The first-order valence-corrected chi connectivity index (χ1v) is 6.18. The molecule has 0 amide bonds. The molecule has 82 valence electrons. The molecule has 0 aliphatic carbocycles. The van der Waals surface area contributed by atoms with Gasteiger partial charge in [-0.25, -0.2) is 0 Å². The van der Waals surface area contributed by atoms with E-state index in [0.29, 0.717) is 12.8 Å². The van der Waals surface area contributed by atoms with Gasteiger partial charge in [-0.3, -0.25) is 0 Å². The summed E-state index contributed by atoms with van der Waals surface area (Å²) < 4.78 is 0. The molecule has 0 fully saturated rings. The number of hydrogen-bond donors (Lipinski definition) is 2. The summed E-state index contributed by atoms with van der Waals surface area (Å²) in [5.74, 6) is 0.970. The molecule has 0 bridgehead atoms. The van der Waals surface area contributed by atoms with Gasteiger partial charge < -0.3 is 10.8 Å². The Morgan fingerprint density at radius 3 is 2.29 bits per heavy atom. The Morgan fingerprint density at radius 1 is 1.43 bits per heavy atom. The Labute approximate surface area is 91.3 Å². The molecule has 0 rings (SSSR count). The maximum absolute atomic E-state index is 10.2.